The number of hydrazone groups is 1. The van der Waals surface area contributed by atoms with Crippen molar-refractivity contribution >= 4 is 15.7 Å². The highest BCUT2D eigenvalue weighted by atomic mass is 32.2. The molecule has 0 amide bonds. The highest BCUT2D eigenvalue weighted by Crippen LogP contribution is 2.14. The first-order valence-electron chi connectivity index (χ1n) is 7.72. The zero-order valence-corrected chi connectivity index (χ0v) is 14.8. The summed E-state index contributed by atoms with van der Waals surface area (Å²) >= 11 is 0. The maximum absolute atomic E-state index is 12.3. The molecule has 0 fully saturated rings. The number of nitrogens with one attached hydrogen (secondary N) is 1. The minimum absolute atomic E-state index is 0.147. The summed E-state index contributed by atoms with van der Waals surface area (Å²) in [5.41, 5.74) is 2.34. The minimum atomic E-state index is -3.70. The van der Waals surface area contributed by atoms with Crippen molar-refractivity contribution in [2.45, 2.75) is 32.1 Å². The Morgan fingerprint density at radius 2 is 1.67 bits per heavy atom. The van der Waals surface area contributed by atoms with Gasteiger partial charge >= 0.3 is 0 Å². The van der Waals surface area contributed by atoms with Crippen molar-refractivity contribution in [3.8, 4) is 5.75 Å². The van der Waals surface area contributed by atoms with Crippen LogP contribution < -0.4 is 4.83 Å². The smallest absolute Gasteiger partial charge is 0.276 e. The lowest BCUT2D eigenvalue weighted by Gasteiger charge is -2.08. The summed E-state index contributed by atoms with van der Waals surface area (Å²) < 4.78 is 24.6. The van der Waals surface area contributed by atoms with E-state index >= 15 is 0 Å². The Kier molecular flexibility index (Phi) is 5.62. The van der Waals surface area contributed by atoms with Gasteiger partial charge in [-0.3, -0.25) is 0 Å². The van der Waals surface area contributed by atoms with Gasteiger partial charge in [-0.15, -0.1) is 0 Å². The van der Waals surface area contributed by atoms with Crippen LogP contribution in [0.15, 0.2) is 58.5 Å². The Bertz CT molecular complexity index is 808. The Hall–Kier alpha value is -2.34. The molecule has 24 heavy (non-hydrogen) atoms. The minimum Gasteiger partial charge on any atom is -0.508 e. The summed E-state index contributed by atoms with van der Waals surface area (Å²) in [6.45, 7) is 5.93. The van der Waals surface area contributed by atoms with E-state index in [4.69, 9.17) is 0 Å². The van der Waals surface area contributed by atoms with Crippen LogP contribution in [0.5, 0.6) is 5.75 Å². The number of phenolic OH excluding ortho intramolecular Hbond substituents is 1. The predicted molar refractivity (Wildman–Crippen MR) is 95.6 cm³/mol. The highest BCUT2D eigenvalue weighted by molar-refractivity contribution is 7.89. The van der Waals surface area contributed by atoms with Crippen molar-refractivity contribution in [1.82, 2.24) is 4.83 Å². The molecule has 0 radical (unpaired) electrons. The summed E-state index contributed by atoms with van der Waals surface area (Å²) in [5.74, 6) is 0.664. The molecule has 0 heterocycles. The van der Waals surface area contributed by atoms with Gasteiger partial charge in [0.2, 0.25) is 0 Å². The first kappa shape index (κ1) is 18.0. The van der Waals surface area contributed by atoms with Crippen molar-refractivity contribution in [2.24, 2.45) is 11.0 Å². The SMILES string of the molecule is C/C(=N/NS(=O)(=O)c1ccc(CC(C)C)cc1)c1ccc(O)cc1. The second kappa shape index (κ2) is 7.49. The van der Waals surface area contributed by atoms with E-state index in [9.17, 15) is 13.5 Å². The lowest BCUT2D eigenvalue weighted by Crippen LogP contribution is -2.20. The molecule has 0 saturated heterocycles. The molecule has 0 aliphatic rings. The third kappa shape index (κ3) is 4.83. The van der Waals surface area contributed by atoms with Gasteiger partial charge in [0.1, 0.15) is 5.75 Å². The highest BCUT2D eigenvalue weighted by Gasteiger charge is 2.13. The van der Waals surface area contributed by atoms with Gasteiger partial charge in [-0.1, -0.05) is 26.0 Å². The second-order valence-corrected chi connectivity index (χ2v) is 7.74. The van der Waals surface area contributed by atoms with Crippen LogP contribution in [0.3, 0.4) is 0 Å². The Morgan fingerprint density at radius 3 is 2.21 bits per heavy atom. The van der Waals surface area contributed by atoms with Gasteiger partial charge in [0.05, 0.1) is 10.6 Å². The second-order valence-electron chi connectivity index (χ2n) is 6.08. The van der Waals surface area contributed by atoms with Crippen LogP contribution in [0.25, 0.3) is 0 Å². The molecule has 2 aromatic rings. The molecule has 6 heteroatoms. The summed E-state index contributed by atoms with van der Waals surface area (Å²) in [5, 5.41) is 13.2. The van der Waals surface area contributed by atoms with E-state index in [1.807, 2.05) is 12.1 Å². The average molecular weight is 346 g/mol. The van der Waals surface area contributed by atoms with Crippen LogP contribution in [0.4, 0.5) is 0 Å². The van der Waals surface area contributed by atoms with Gasteiger partial charge in [-0.2, -0.15) is 18.4 Å². The van der Waals surface area contributed by atoms with E-state index in [2.05, 4.69) is 23.8 Å². The van der Waals surface area contributed by atoms with Gasteiger partial charge in [0, 0.05) is 0 Å². The van der Waals surface area contributed by atoms with Crippen LogP contribution in [-0.4, -0.2) is 19.2 Å². The van der Waals surface area contributed by atoms with Gasteiger partial charge < -0.3 is 5.11 Å². The predicted octanol–water partition coefficient (Wildman–Crippen LogP) is 3.29. The molecule has 128 valence electrons. The molecule has 2 N–H and O–H groups in total. The zero-order chi connectivity index (χ0) is 17.7. The molecule has 0 atom stereocenters. The van der Waals surface area contributed by atoms with Gasteiger partial charge in [-0.05, 0) is 66.8 Å². The molecule has 0 bridgehead atoms. The number of nitrogens with zero attached hydrogens (tertiary/aromatic N) is 1. The fraction of sp³-hybridized carbons (Fsp3) is 0.278. The number of aromatic hydroxyl groups is 1. The first-order valence-corrected chi connectivity index (χ1v) is 9.20. The van der Waals surface area contributed by atoms with E-state index in [0.29, 0.717) is 11.6 Å². The van der Waals surface area contributed by atoms with Crippen LogP contribution in [-0.2, 0) is 16.4 Å². The molecular weight excluding hydrogens is 324 g/mol. The zero-order valence-electron chi connectivity index (χ0n) is 14.0. The van der Waals surface area contributed by atoms with E-state index in [0.717, 1.165) is 17.5 Å². The molecule has 0 saturated carbocycles. The molecule has 0 aromatic heterocycles. The quantitative estimate of drug-likeness (QED) is 0.622. The van der Waals surface area contributed by atoms with Gasteiger partial charge in [0.15, 0.2) is 0 Å². The average Bonchev–Trinajstić information content (AvgIpc) is 2.53. The fourth-order valence-electron chi connectivity index (χ4n) is 2.22. The van der Waals surface area contributed by atoms with E-state index < -0.39 is 10.0 Å². The largest absolute Gasteiger partial charge is 0.508 e. The van der Waals surface area contributed by atoms with Crippen molar-refractivity contribution in [3.05, 3.63) is 59.7 Å². The molecule has 0 unspecified atom stereocenters. The normalized spacial score (nSPS) is 12.4. The molecule has 0 spiro atoms. The van der Waals surface area contributed by atoms with Crippen LogP contribution in [0.1, 0.15) is 31.9 Å². The van der Waals surface area contributed by atoms with Gasteiger partial charge in [0.25, 0.3) is 10.0 Å². The maximum Gasteiger partial charge on any atom is 0.276 e. The number of hydrogen-bond acceptors (Lipinski definition) is 4. The molecule has 0 aliphatic heterocycles. The topological polar surface area (TPSA) is 78.8 Å². The molecule has 5 nitrogen and oxygen atoms in total. The molecule has 0 aliphatic carbocycles. The van der Waals surface area contributed by atoms with Crippen LogP contribution in [0.2, 0.25) is 0 Å². The van der Waals surface area contributed by atoms with Crippen LogP contribution in [0, 0.1) is 5.92 Å². The lowest BCUT2D eigenvalue weighted by atomic mass is 10.0. The van der Waals surface area contributed by atoms with Crippen LogP contribution >= 0.6 is 0 Å². The molecular formula is C18H22N2O3S. The number of hydrogen-bond donors (Lipinski definition) is 2. The van der Waals surface area contributed by atoms with E-state index in [1.54, 1.807) is 31.2 Å². The monoisotopic (exact) mass is 346 g/mol. The third-order valence-electron chi connectivity index (χ3n) is 3.50. The lowest BCUT2D eigenvalue weighted by molar-refractivity contribution is 0.475. The Morgan fingerprint density at radius 1 is 1.08 bits per heavy atom. The Balaban J connectivity index is 2.12. The van der Waals surface area contributed by atoms with E-state index in [-0.39, 0.29) is 10.6 Å². The number of sulfonamides is 1. The van der Waals surface area contributed by atoms with Crippen molar-refractivity contribution in [1.29, 1.82) is 0 Å². The van der Waals surface area contributed by atoms with Crippen molar-refractivity contribution in [2.75, 3.05) is 0 Å². The molecule has 2 rings (SSSR count). The molecule has 2 aromatic carbocycles. The third-order valence-corrected chi connectivity index (χ3v) is 4.72. The summed E-state index contributed by atoms with van der Waals surface area (Å²) in [6.07, 6.45) is 0.909. The first-order chi connectivity index (χ1) is 11.3. The number of rotatable bonds is 6. The van der Waals surface area contributed by atoms with Gasteiger partial charge in [-0.25, -0.2) is 0 Å². The fourth-order valence-corrected chi connectivity index (χ4v) is 3.08. The Labute approximate surface area is 143 Å². The maximum atomic E-state index is 12.3. The summed E-state index contributed by atoms with van der Waals surface area (Å²) in [6, 6.07) is 13.2. The van der Waals surface area contributed by atoms with Crippen molar-refractivity contribution in [3.63, 3.8) is 0 Å². The standard InChI is InChI=1S/C18H22N2O3S/c1-13(2)12-15-4-10-18(11-5-15)24(22,23)20-19-14(3)16-6-8-17(21)9-7-16/h4-11,13,20-21H,12H2,1-3H3/b19-14-. The summed E-state index contributed by atoms with van der Waals surface area (Å²) in [7, 11) is -3.70. The van der Waals surface area contributed by atoms with Crippen molar-refractivity contribution < 1.29 is 13.5 Å². The van der Waals surface area contributed by atoms with E-state index in [1.165, 1.54) is 12.1 Å². The number of benzene rings is 2. The number of phenols is 1. The summed E-state index contributed by atoms with van der Waals surface area (Å²) in [4.78, 5) is 2.42.